The zero-order valence-electron chi connectivity index (χ0n) is 18.3. The van der Waals surface area contributed by atoms with Gasteiger partial charge in [0.1, 0.15) is 5.75 Å². The van der Waals surface area contributed by atoms with Crippen molar-refractivity contribution in [1.82, 2.24) is 20.1 Å². The predicted molar refractivity (Wildman–Crippen MR) is 125 cm³/mol. The van der Waals surface area contributed by atoms with Crippen molar-refractivity contribution < 1.29 is 14.3 Å². The Morgan fingerprint density at radius 1 is 1.12 bits per heavy atom. The van der Waals surface area contributed by atoms with Gasteiger partial charge in [-0.2, -0.15) is 0 Å². The van der Waals surface area contributed by atoms with Crippen LogP contribution in [0.15, 0.2) is 71.4 Å². The lowest BCUT2D eigenvalue weighted by Gasteiger charge is -2.34. The molecule has 3 heterocycles. The minimum Gasteiger partial charge on any atom is -0.508 e. The van der Waals surface area contributed by atoms with E-state index >= 15 is 0 Å². The number of hydrogen-bond acceptors (Lipinski definition) is 6. The van der Waals surface area contributed by atoms with Crippen LogP contribution in [0.5, 0.6) is 5.75 Å². The van der Waals surface area contributed by atoms with Crippen LogP contribution in [0.3, 0.4) is 0 Å². The fourth-order valence-electron chi connectivity index (χ4n) is 4.24. The molecule has 2 aromatic heterocycles. The van der Waals surface area contributed by atoms with Crippen LogP contribution < -0.4 is 10.2 Å². The summed E-state index contributed by atoms with van der Waals surface area (Å²) >= 11 is 0. The Labute approximate surface area is 191 Å². The largest absolute Gasteiger partial charge is 0.508 e. The topological polar surface area (TPSA) is 96.4 Å². The number of benzene rings is 2. The maximum atomic E-state index is 13.5. The highest BCUT2D eigenvalue weighted by Gasteiger charge is 2.28. The Bertz CT molecular complexity index is 1270. The lowest BCUT2D eigenvalue weighted by molar-refractivity contribution is 0.0971. The molecule has 0 bridgehead atoms. The van der Waals surface area contributed by atoms with Crippen molar-refractivity contribution in [1.29, 1.82) is 0 Å². The summed E-state index contributed by atoms with van der Waals surface area (Å²) < 4.78 is 7.54. The Morgan fingerprint density at radius 3 is 2.70 bits per heavy atom. The number of aryl methyl sites for hydroxylation is 1. The van der Waals surface area contributed by atoms with E-state index in [1.54, 1.807) is 25.1 Å². The number of aromatic hydroxyl groups is 1. The van der Waals surface area contributed by atoms with Crippen LogP contribution in [-0.2, 0) is 0 Å². The normalized spacial score (nSPS) is 14.3. The SMILES string of the molecule is Cc1nnc(-c2cccc(-n3ccc(N(C(=O)c4cccc(O)c4)C4CCNCC4)c3)c2)o1. The molecule has 1 aliphatic heterocycles. The third-order valence-electron chi connectivity index (χ3n) is 5.86. The second kappa shape index (κ2) is 8.91. The number of piperidine rings is 1. The van der Waals surface area contributed by atoms with Gasteiger partial charge in [0.2, 0.25) is 11.8 Å². The Kier molecular flexibility index (Phi) is 5.66. The highest BCUT2D eigenvalue weighted by atomic mass is 16.4. The molecule has 0 radical (unpaired) electrons. The van der Waals surface area contributed by atoms with Gasteiger partial charge in [-0.3, -0.25) is 4.79 Å². The number of amides is 1. The Hall–Kier alpha value is -3.91. The third kappa shape index (κ3) is 4.38. The lowest BCUT2D eigenvalue weighted by Crippen LogP contribution is -2.46. The molecule has 168 valence electrons. The monoisotopic (exact) mass is 443 g/mol. The van der Waals surface area contributed by atoms with Crippen LogP contribution in [0, 0.1) is 6.92 Å². The van der Waals surface area contributed by atoms with Crippen LogP contribution in [0.25, 0.3) is 17.1 Å². The van der Waals surface area contributed by atoms with E-state index in [4.69, 9.17) is 4.42 Å². The lowest BCUT2D eigenvalue weighted by atomic mass is 10.0. The van der Waals surface area contributed by atoms with E-state index in [9.17, 15) is 9.90 Å². The van der Waals surface area contributed by atoms with Gasteiger partial charge >= 0.3 is 0 Å². The number of nitrogens with one attached hydrogen (secondary N) is 1. The maximum absolute atomic E-state index is 13.5. The average molecular weight is 444 g/mol. The number of hydrogen-bond donors (Lipinski definition) is 2. The van der Waals surface area contributed by atoms with Gasteiger partial charge in [0, 0.05) is 42.2 Å². The smallest absolute Gasteiger partial charge is 0.258 e. The van der Waals surface area contributed by atoms with E-state index in [2.05, 4.69) is 15.5 Å². The molecule has 1 saturated heterocycles. The quantitative estimate of drug-likeness (QED) is 0.485. The number of rotatable bonds is 5. The van der Waals surface area contributed by atoms with E-state index < -0.39 is 0 Å². The van der Waals surface area contributed by atoms with E-state index in [1.807, 2.05) is 52.2 Å². The molecule has 0 spiro atoms. The zero-order chi connectivity index (χ0) is 22.8. The second-order valence-electron chi connectivity index (χ2n) is 8.16. The van der Waals surface area contributed by atoms with Crippen molar-refractivity contribution >= 4 is 11.6 Å². The molecular formula is C25H25N5O3. The standard InChI is InChI=1S/C25H25N5O3/c1-17-27-28-24(33-17)18-4-2-6-21(14-18)29-13-10-22(16-29)30(20-8-11-26-12-9-20)25(32)19-5-3-7-23(31)15-19/h2-7,10,13-16,20,26,31H,8-9,11-12H2,1H3. The summed E-state index contributed by atoms with van der Waals surface area (Å²) in [5.74, 6) is 0.946. The fourth-order valence-corrected chi connectivity index (χ4v) is 4.24. The van der Waals surface area contributed by atoms with Gasteiger partial charge in [0.15, 0.2) is 0 Å². The second-order valence-corrected chi connectivity index (χ2v) is 8.16. The molecule has 2 aromatic carbocycles. The summed E-state index contributed by atoms with van der Waals surface area (Å²) in [5, 5.41) is 21.3. The van der Waals surface area contributed by atoms with Gasteiger partial charge in [0.25, 0.3) is 5.91 Å². The number of aromatic nitrogens is 3. The summed E-state index contributed by atoms with van der Waals surface area (Å²) in [5.41, 5.74) is 3.03. The molecular weight excluding hydrogens is 418 g/mol. The molecule has 5 rings (SSSR count). The van der Waals surface area contributed by atoms with Crippen molar-refractivity contribution in [3.8, 4) is 22.9 Å². The highest BCUT2D eigenvalue weighted by Crippen LogP contribution is 2.28. The van der Waals surface area contributed by atoms with E-state index in [1.165, 1.54) is 6.07 Å². The molecule has 0 unspecified atom stereocenters. The molecule has 1 fully saturated rings. The molecule has 33 heavy (non-hydrogen) atoms. The van der Waals surface area contributed by atoms with E-state index in [0.717, 1.165) is 42.9 Å². The predicted octanol–water partition coefficient (Wildman–Crippen LogP) is 3.94. The van der Waals surface area contributed by atoms with E-state index in [0.29, 0.717) is 17.3 Å². The van der Waals surface area contributed by atoms with Crippen molar-refractivity contribution in [2.45, 2.75) is 25.8 Å². The van der Waals surface area contributed by atoms with Crippen molar-refractivity contribution in [2.75, 3.05) is 18.0 Å². The first kappa shape index (κ1) is 21.0. The van der Waals surface area contributed by atoms with Crippen LogP contribution in [-0.4, -0.2) is 44.9 Å². The minimum atomic E-state index is -0.120. The van der Waals surface area contributed by atoms with Crippen LogP contribution in [0.1, 0.15) is 29.1 Å². The molecule has 0 aliphatic carbocycles. The van der Waals surface area contributed by atoms with Crippen molar-refractivity contribution in [2.24, 2.45) is 0 Å². The molecule has 8 heteroatoms. The summed E-state index contributed by atoms with van der Waals surface area (Å²) in [6.07, 6.45) is 5.63. The number of carbonyl (C=O) groups is 1. The van der Waals surface area contributed by atoms with Crippen molar-refractivity contribution in [3.05, 3.63) is 78.4 Å². The third-order valence-corrected chi connectivity index (χ3v) is 5.86. The summed E-state index contributed by atoms with van der Waals surface area (Å²) in [6, 6.07) is 16.4. The maximum Gasteiger partial charge on any atom is 0.258 e. The van der Waals surface area contributed by atoms with Gasteiger partial charge in [-0.05, 0) is 68.4 Å². The van der Waals surface area contributed by atoms with Gasteiger partial charge in [-0.15, -0.1) is 10.2 Å². The molecule has 8 nitrogen and oxygen atoms in total. The first-order valence-corrected chi connectivity index (χ1v) is 11.0. The first-order chi connectivity index (χ1) is 16.1. The van der Waals surface area contributed by atoms with Crippen LogP contribution in [0.4, 0.5) is 5.69 Å². The average Bonchev–Trinajstić information content (AvgIpc) is 3.50. The summed E-state index contributed by atoms with van der Waals surface area (Å²) in [7, 11) is 0. The number of carbonyl (C=O) groups excluding carboxylic acids is 1. The zero-order valence-corrected chi connectivity index (χ0v) is 18.3. The van der Waals surface area contributed by atoms with Gasteiger partial charge in [-0.25, -0.2) is 0 Å². The molecule has 0 atom stereocenters. The Balaban J connectivity index is 1.49. The highest BCUT2D eigenvalue weighted by molar-refractivity contribution is 6.06. The molecule has 2 N–H and O–H groups in total. The van der Waals surface area contributed by atoms with E-state index in [-0.39, 0.29) is 17.7 Å². The fraction of sp³-hybridized carbons (Fsp3) is 0.240. The van der Waals surface area contributed by atoms with Gasteiger partial charge in [0.05, 0.1) is 5.69 Å². The number of phenolic OH excluding ortho intramolecular Hbond substituents is 1. The Morgan fingerprint density at radius 2 is 1.94 bits per heavy atom. The molecule has 4 aromatic rings. The molecule has 1 aliphatic rings. The molecule has 1 amide bonds. The van der Waals surface area contributed by atoms with Gasteiger partial charge in [-0.1, -0.05) is 12.1 Å². The van der Waals surface area contributed by atoms with Gasteiger partial charge < -0.3 is 24.3 Å². The van der Waals surface area contributed by atoms with Crippen LogP contribution >= 0.6 is 0 Å². The summed E-state index contributed by atoms with van der Waals surface area (Å²) in [6.45, 7) is 3.49. The number of anilines is 1. The summed E-state index contributed by atoms with van der Waals surface area (Å²) in [4.78, 5) is 15.4. The van der Waals surface area contributed by atoms with Crippen LogP contribution in [0.2, 0.25) is 0 Å². The number of phenols is 1. The molecule has 0 saturated carbocycles. The minimum absolute atomic E-state index is 0.0738. The van der Waals surface area contributed by atoms with Crippen molar-refractivity contribution in [3.63, 3.8) is 0 Å². The first-order valence-electron chi connectivity index (χ1n) is 11.0. The number of nitrogens with zero attached hydrogens (tertiary/aromatic N) is 4.